The molecule has 0 fully saturated rings. The average Bonchev–Trinajstić information content (AvgIpc) is 2.91. The third-order valence-electron chi connectivity index (χ3n) is 7.75. The Hall–Kier alpha value is -2.88. The molecule has 0 saturated carbocycles. The van der Waals surface area contributed by atoms with Crippen LogP contribution in [-0.4, -0.2) is 18.1 Å². The van der Waals surface area contributed by atoms with Crippen LogP contribution >= 0.6 is 0 Å². The minimum Gasteiger partial charge on any atom is -0.453 e. The van der Waals surface area contributed by atoms with Crippen molar-refractivity contribution in [2.75, 3.05) is 18.0 Å². The summed E-state index contributed by atoms with van der Waals surface area (Å²) in [4.78, 5) is 20.2. The van der Waals surface area contributed by atoms with Crippen LogP contribution in [0, 0.1) is 11.8 Å². The maximum absolute atomic E-state index is 12.7. The van der Waals surface area contributed by atoms with E-state index in [2.05, 4.69) is 50.8 Å². The quantitative estimate of drug-likeness (QED) is 0.140. The Morgan fingerprint density at radius 3 is 2.08 bits per heavy atom. The van der Waals surface area contributed by atoms with Gasteiger partial charge in [-0.15, -0.1) is 0 Å². The van der Waals surface area contributed by atoms with Gasteiger partial charge in [0.1, 0.15) is 11.2 Å². The fourth-order valence-electron chi connectivity index (χ4n) is 5.35. The summed E-state index contributed by atoms with van der Waals surface area (Å²) in [5.74, 6) is 1.93. The summed E-state index contributed by atoms with van der Waals surface area (Å²) in [7, 11) is 0. The summed E-state index contributed by atoms with van der Waals surface area (Å²) >= 11 is 0. The molecule has 1 aliphatic heterocycles. The first-order chi connectivity index (χ1) is 17.6. The van der Waals surface area contributed by atoms with Crippen LogP contribution in [0.3, 0.4) is 0 Å². The predicted molar refractivity (Wildman–Crippen MR) is 153 cm³/mol. The minimum atomic E-state index is -0.0239. The highest BCUT2D eigenvalue weighted by molar-refractivity contribution is 5.96. The van der Waals surface area contributed by atoms with Crippen LogP contribution in [0.4, 0.5) is 5.69 Å². The Kier molecular flexibility index (Phi) is 9.01. The van der Waals surface area contributed by atoms with Crippen molar-refractivity contribution < 1.29 is 4.42 Å². The lowest BCUT2D eigenvalue weighted by atomic mass is 9.95. The van der Waals surface area contributed by atoms with E-state index in [0.717, 1.165) is 35.3 Å². The van der Waals surface area contributed by atoms with Crippen molar-refractivity contribution in [2.45, 2.75) is 79.1 Å². The zero-order valence-electron chi connectivity index (χ0n) is 22.6. The Labute approximate surface area is 216 Å². The monoisotopic (exact) mass is 486 g/mol. The first-order valence-corrected chi connectivity index (χ1v) is 14.1. The van der Waals surface area contributed by atoms with E-state index in [0.29, 0.717) is 23.0 Å². The number of fused-ring (bicyclic) bond motifs is 4. The van der Waals surface area contributed by atoms with Crippen LogP contribution in [0.2, 0.25) is 0 Å². The molecule has 0 spiro atoms. The largest absolute Gasteiger partial charge is 0.453 e. The Morgan fingerprint density at radius 2 is 1.47 bits per heavy atom. The highest BCUT2D eigenvalue weighted by Gasteiger charge is 2.20. The molecule has 2 atom stereocenters. The molecular formula is C32H42N2O2. The van der Waals surface area contributed by atoms with Crippen LogP contribution in [0.25, 0.3) is 33.3 Å². The number of anilines is 1. The van der Waals surface area contributed by atoms with Gasteiger partial charge in [0, 0.05) is 41.7 Å². The highest BCUT2D eigenvalue weighted by atomic mass is 16.3. The Bertz CT molecular complexity index is 1280. The fraction of sp³-hybridized carbons (Fsp3) is 0.500. The fourth-order valence-corrected chi connectivity index (χ4v) is 5.35. The minimum absolute atomic E-state index is 0.0239. The summed E-state index contributed by atoms with van der Waals surface area (Å²) in [5, 5.41) is 1.53. The lowest BCUT2D eigenvalue weighted by Gasteiger charge is -2.32. The van der Waals surface area contributed by atoms with Gasteiger partial charge in [0.25, 0.3) is 0 Å². The van der Waals surface area contributed by atoms with E-state index in [1.54, 1.807) is 6.07 Å². The first kappa shape index (κ1) is 26.2. The summed E-state index contributed by atoms with van der Waals surface area (Å²) in [6, 6.07) is 15.7. The van der Waals surface area contributed by atoms with Gasteiger partial charge in [0.05, 0.1) is 0 Å². The van der Waals surface area contributed by atoms with Gasteiger partial charge in [-0.1, -0.05) is 90.5 Å². The van der Waals surface area contributed by atoms with E-state index in [4.69, 9.17) is 9.40 Å². The van der Waals surface area contributed by atoms with E-state index in [9.17, 15) is 4.79 Å². The molecule has 0 N–H and O–H groups in total. The van der Waals surface area contributed by atoms with Crippen LogP contribution in [0.15, 0.2) is 57.7 Å². The van der Waals surface area contributed by atoms with Gasteiger partial charge in [-0.3, -0.25) is 4.79 Å². The Balaban J connectivity index is 1.73. The molecule has 1 aliphatic carbocycles. The van der Waals surface area contributed by atoms with Crippen molar-refractivity contribution in [2.24, 2.45) is 11.8 Å². The van der Waals surface area contributed by atoms with Crippen LogP contribution in [0.1, 0.15) is 79.1 Å². The number of hydrogen-bond acceptors (Lipinski definition) is 4. The maximum Gasteiger partial charge on any atom is 0.190 e. The molecule has 0 radical (unpaired) electrons. The lowest BCUT2D eigenvalue weighted by molar-refractivity contribution is 0.403. The molecule has 4 rings (SSSR count). The zero-order chi connectivity index (χ0) is 25.5. The maximum atomic E-state index is 12.7. The SMILES string of the molecule is CCCCC(CC)CN(CC(CC)CCCC)c1ccc2nc3c4ccccc4c(=O)cc-3oc2c1. The molecule has 4 heteroatoms. The molecule has 192 valence electrons. The van der Waals surface area contributed by atoms with Crippen molar-refractivity contribution in [1.82, 2.24) is 4.98 Å². The lowest BCUT2D eigenvalue weighted by Crippen LogP contribution is -2.34. The molecule has 4 nitrogen and oxygen atoms in total. The van der Waals surface area contributed by atoms with E-state index in [1.807, 2.05) is 24.3 Å². The molecule has 0 saturated heterocycles. The van der Waals surface area contributed by atoms with Crippen LogP contribution < -0.4 is 10.3 Å². The van der Waals surface area contributed by atoms with Crippen molar-refractivity contribution >= 4 is 27.6 Å². The van der Waals surface area contributed by atoms with E-state index in [-0.39, 0.29) is 5.43 Å². The molecular weight excluding hydrogens is 444 g/mol. The molecule has 1 heterocycles. The van der Waals surface area contributed by atoms with E-state index in [1.165, 1.54) is 57.1 Å². The van der Waals surface area contributed by atoms with Gasteiger partial charge < -0.3 is 9.32 Å². The molecule has 2 aromatic carbocycles. The van der Waals surface area contributed by atoms with E-state index >= 15 is 0 Å². The molecule has 0 amide bonds. The molecule has 2 unspecified atom stereocenters. The second-order valence-electron chi connectivity index (χ2n) is 10.4. The smallest absolute Gasteiger partial charge is 0.190 e. The van der Waals surface area contributed by atoms with Crippen LogP contribution in [-0.2, 0) is 0 Å². The van der Waals surface area contributed by atoms with E-state index < -0.39 is 0 Å². The normalized spacial score (nSPS) is 13.4. The molecule has 0 bridgehead atoms. The molecule has 36 heavy (non-hydrogen) atoms. The van der Waals surface area contributed by atoms with Crippen molar-refractivity contribution in [3.8, 4) is 11.5 Å². The first-order valence-electron chi connectivity index (χ1n) is 14.1. The summed E-state index contributed by atoms with van der Waals surface area (Å²) in [6.45, 7) is 11.3. The van der Waals surface area contributed by atoms with Crippen molar-refractivity contribution in [3.63, 3.8) is 0 Å². The van der Waals surface area contributed by atoms with Gasteiger partial charge in [-0.25, -0.2) is 4.98 Å². The topological polar surface area (TPSA) is 46.3 Å². The second kappa shape index (κ2) is 12.4. The van der Waals surface area contributed by atoms with Gasteiger partial charge in [0.2, 0.25) is 0 Å². The predicted octanol–water partition coefficient (Wildman–Crippen LogP) is 8.69. The zero-order valence-corrected chi connectivity index (χ0v) is 22.6. The van der Waals surface area contributed by atoms with Crippen molar-refractivity contribution in [1.29, 1.82) is 0 Å². The standard InChI is InChI=1S/C32H42N2O2/c1-5-9-13-23(7-3)21-34(22-24(8-4)14-10-6-2)25-17-18-28-30(19-25)36-31-20-29(35)26-15-11-12-16-27(26)32(31)33-28/h11-12,15-20,23-24H,5-10,13-14,21-22H2,1-4H3. The summed E-state index contributed by atoms with van der Waals surface area (Å²) < 4.78 is 6.33. The number of rotatable bonds is 13. The molecule has 2 aromatic rings. The number of nitrogens with zero attached hydrogens (tertiary/aromatic N) is 2. The van der Waals surface area contributed by atoms with Gasteiger partial charge >= 0.3 is 0 Å². The summed E-state index contributed by atoms with van der Waals surface area (Å²) in [6.07, 6.45) is 10.0. The van der Waals surface area contributed by atoms with Gasteiger partial charge in [-0.05, 0) is 36.8 Å². The molecule has 0 aromatic heterocycles. The molecule has 2 aliphatic rings. The van der Waals surface area contributed by atoms with Gasteiger partial charge in [0.15, 0.2) is 16.8 Å². The van der Waals surface area contributed by atoms with Crippen LogP contribution in [0.5, 0.6) is 0 Å². The number of benzene rings is 3. The summed E-state index contributed by atoms with van der Waals surface area (Å²) in [5.41, 5.74) is 3.48. The number of hydrogen-bond donors (Lipinski definition) is 0. The average molecular weight is 487 g/mol. The third kappa shape index (κ3) is 5.91. The number of aromatic nitrogens is 1. The van der Waals surface area contributed by atoms with Gasteiger partial charge in [-0.2, -0.15) is 0 Å². The number of unbranched alkanes of at least 4 members (excludes halogenated alkanes) is 2. The highest BCUT2D eigenvalue weighted by Crippen LogP contribution is 2.32. The third-order valence-corrected chi connectivity index (χ3v) is 7.75. The Morgan fingerprint density at radius 1 is 0.833 bits per heavy atom. The second-order valence-corrected chi connectivity index (χ2v) is 10.4. The van der Waals surface area contributed by atoms with Crippen molar-refractivity contribution in [3.05, 3.63) is 58.8 Å².